The van der Waals surface area contributed by atoms with Gasteiger partial charge in [0.1, 0.15) is 0 Å². The third kappa shape index (κ3) is 2.19. The van der Waals surface area contributed by atoms with E-state index in [0.717, 1.165) is 24.3 Å². The highest BCUT2D eigenvalue weighted by atomic mass is 16.3. The Morgan fingerprint density at radius 2 is 1.83 bits per heavy atom. The van der Waals surface area contributed by atoms with Gasteiger partial charge in [-0.2, -0.15) is 0 Å². The maximum Gasteiger partial charge on any atom is 0.0936 e. The van der Waals surface area contributed by atoms with Crippen molar-refractivity contribution in [2.24, 2.45) is 17.1 Å². The molecule has 1 aliphatic carbocycles. The molecule has 0 spiro atoms. The van der Waals surface area contributed by atoms with Crippen molar-refractivity contribution in [3.8, 4) is 0 Å². The Bertz CT molecular complexity index is 377. The molecule has 0 aliphatic heterocycles. The van der Waals surface area contributed by atoms with Crippen LogP contribution in [0.3, 0.4) is 0 Å². The number of hydrogen-bond donors (Lipinski definition) is 2. The second-order valence-corrected chi connectivity index (χ2v) is 6.11. The molecule has 1 aromatic carbocycles. The van der Waals surface area contributed by atoms with Crippen molar-refractivity contribution in [2.75, 3.05) is 6.54 Å². The van der Waals surface area contributed by atoms with E-state index in [4.69, 9.17) is 5.73 Å². The predicted molar refractivity (Wildman–Crippen MR) is 75.1 cm³/mol. The number of hydrogen-bond acceptors (Lipinski definition) is 2. The largest absolute Gasteiger partial charge is 0.385 e. The first-order chi connectivity index (χ1) is 8.52. The molecule has 2 heteroatoms. The highest BCUT2D eigenvalue weighted by Crippen LogP contribution is 2.50. The van der Waals surface area contributed by atoms with Crippen LogP contribution in [0.2, 0.25) is 0 Å². The summed E-state index contributed by atoms with van der Waals surface area (Å²) in [4.78, 5) is 0. The number of aliphatic hydroxyl groups is 1. The van der Waals surface area contributed by atoms with Gasteiger partial charge in [-0.3, -0.25) is 0 Å². The van der Waals surface area contributed by atoms with E-state index in [1.165, 1.54) is 12.8 Å². The summed E-state index contributed by atoms with van der Waals surface area (Å²) in [5, 5.41) is 11.1. The summed E-state index contributed by atoms with van der Waals surface area (Å²) in [5.74, 6) is 0.760. The summed E-state index contributed by atoms with van der Waals surface area (Å²) < 4.78 is 0. The lowest BCUT2D eigenvalue weighted by molar-refractivity contribution is -0.0970. The van der Waals surface area contributed by atoms with Gasteiger partial charge in [-0.1, -0.05) is 50.1 Å². The van der Waals surface area contributed by atoms with Crippen molar-refractivity contribution >= 4 is 0 Å². The van der Waals surface area contributed by atoms with Gasteiger partial charge in [-0.25, -0.2) is 0 Å². The average Bonchev–Trinajstić information content (AvgIpc) is 2.41. The number of nitrogens with two attached hydrogens (primary N) is 1. The van der Waals surface area contributed by atoms with Gasteiger partial charge in [0.15, 0.2) is 0 Å². The number of benzene rings is 1. The molecular weight excluding hydrogens is 222 g/mol. The lowest BCUT2D eigenvalue weighted by Crippen LogP contribution is -2.50. The lowest BCUT2D eigenvalue weighted by Gasteiger charge is -2.49. The van der Waals surface area contributed by atoms with Crippen LogP contribution < -0.4 is 5.73 Å². The summed E-state index contributed by atoms with van der Waals surface area (Å²) >= 11 is 0. The Hall–Kier alpha value is -0.860. The summed E-state index contributed by atoms with van der Waals surface area (Å²) in [7, 11) is 0. The van der Waals surface area contributed by atoms with Crippen LogP contribution in [0.1, 0.15) is 45.1 Å². The Kier molecular flexibility index (Phi) is 3.79. The summed E-state index contributed by atoms with van der Waals surface area (Å²) in [6, 6.07) is 9.97. The molecule has 0 heterocycles. The summed E-state index contributed by atoms with van der Waals surface area (Å²) in [6.45, 7) is 4.78. The van der Waals surface area contributed by atoms with Gasteiger partial charge in [0, 0.05) is 12.0 Å². The van der Waals surface area contributed by atoms with Gasteiger partial charge in [-0.05, 0) is 31.2 Å². The van der Waals surface area contributed by atoms with Gasteiger partial charge < -0.3 is 10.8 Å². The van der Waals surface area contributed by atoms with Crippen LogP contribution in [0.5, 0.6) is 0 Å². The standard InChI is InChI=1S/C16H25NO/c1-13-8-10-16(12-17,11-9-13)15(2,18)14-6-4-3-5-7-14/h3-7,13,18H,8-12,17H2,1-2H3. The molecule has 1 aromatic rings. The Labute approximate surface area is 110 Å². The second kappa shape index (κ2) is 5.02. The van der Waals surface area contributed by atoms with Gasteiger partial charge in [-0.15, -0.1) is 0 Å². The molecule has 1 unspecified atom stereocenters. The molecule has 100 valence electrons. The minimum Gasteiger partial charge on any atom is -0.385 e. The zero-order valence-electron chi connectivity index (χ0n) is 11.5. The van der Waals surface area contributed by atoms with E-state index < -0.39 is 5.60 Å². The predicted octanol–water partition coefficient (Wildman–Crippen LogP) is 3.05. The van der Waals surface area contributed by atoms with Crippen molar-refractivity contribution in [2.45, 2.75) is 45.1 Å². The van der Waals surface area contributed by atoms with Gasteiger partial charge in [0.2, 0.25) is 0 Å². The third-order valence-electron chi connectivity index (χ3n) is 4.99. The van der Waals surface area contributed by atoms with Crippen molar-refractivity contribution in [1.82, 2.24) is 0 Å². The first-order valence-electron chi connectivity index (χ1n) is 7.00. The maximum absolute atomic E-state index is 11.1. The van der Waals surface area contributed by atoms with E-state index in [1.807, 2.05) is 37.3 Å². The van der Waals surface area contributed by atoms with E-state index in [1.54, 1.807) is 0 Å². The molecule has 0 saturated heterocycles. The van der Waals surface area contributed by atoms with Gasteiger partial charge in [0.25, 0.3) is 0 Å². The SMILES string of the molecule is CC1CCC(CN)(C(C)(O)c2ccccc2)CC1. The fourth-order valence-electron chi connectivity index (χ4n) is 3.27. The number of rotatable bonds is 3. The molecule has 2 rings (SSSR count). The zero-order valence-corrected chi connectivity index (χ0v) is 11.5. The second-order valence-electron chi connectivity index (χ2n) is 6.11. The Morgan fingerprint density at radius 3 is 2.33 bits per heavy atom. The van der Waals surface area contributed by atoms with Gasteiger partial charge >= 0.3 is 0 Å². The van der Waals surface area contributed by atoms with E-state index in [0.29, 0.717) is 6.54 Å². The van der Waals surface area contributed by atoms with E-state index in [-0.39, 0.29) is 5.41 Å². The normalized spacial score (nSPS) is 31.9. The molecular formula is C16H25NO. The van der Waals surface area contributed by atoms with Crippen LogP contribution in [0.4, 0.5) is 0 Å². The molecule has 18 heavy (non-hydrogen) atoms. The molecule has 3 N–H and O–H groups in total. The highest BCUT2D eigenvalue weighted by molar-refractivity contribution is 5.25. The molecule has 0 aromatic heterocycles. The Balaban J connectivity index is 2.32. The Morgan fingerprint density at radius 1 is 1.28 bits per heavy atom. The first-order valence-corrected chi connectivity index (χ1v) is 7.00. The summed E-state index contributed by atoms with van der Waals surface area (Å²) in [6.07, 6.45) is 4.37. The van der Waals surface area contributed by atoms with Crippen molar-refractivity contribution in [3.63, 3.8) is 0 Å². The van der Waals surface area contributed by atoms with E-state index in [9.17, 15) is 5.11 Å². The van der Waals surface area contributed by atoms with Crippen molar-refractivity contribution < 1.29 is 5.11 Å². The quantitative estimate of drug-likeness (QED) is 0.862. The van der Waals surface area contributed by atoms with Crippen LogP contribution in [0, 0.1) is 11.3 Å². The zero-order chi connectivity index (χ0) is 13.2. The van der Waals surface area contributed by atoms with Crippen molar-refractivity contribution in [3.05, 3.63) is 35.9 Å². The van der Waals surface area contributed by atoms with E-state index >= 15 is 0 Å². The minimum atomic E-state index is -0.830. The summed E-state index contributed by atoms with van der Waals surface area (Å²) in [5.41, 5.74) is 6.04. The highest BCUT2D eigenvalue weighted by Gasteiger charge is 2.48. The van der Waals surface area contributed by atoms with E-state index in [2.05, 4.69) is 6.92 Å². The van der Waals surface area contributed by atoms with Crippen molar-refractivity contribution in [1.29, 1.82) is 0 Å². The fraction of sp³-hybridized carbons (Fsp3) is 0.625. The van der Waals surface area contributed by atoms with Crippen LogP contribution in [-0.2, 0) is 5.60 Å². The molecule has 0 bridgehead atoms. The molecule has 1 fully saturated rings. The minimum absolute atomic E-state index is 0.166. The topological polar surface area (TPSA) is 46.2 Å². The molecule has 1 atom stereocenters. The third-order valence-corrected chi connectivity index (χ3v) is 4.99. The van der Waals surface area contributed by atoms with Crippen LogP contribution in [0.15, 0.2) is 30.3 Å². The molecule has 0 amide bonds. The van der Waals surface area contributed by atoms with Gasteiger partial charge in [0.05, 0.1) is 5.60 Å². The monoisotopic (exact) mass is 247 g/mol. The first kappa shape index (κ1) is 13.6. The van der Waals surface area contributed by atoms with Crippen LogP contribution >= 0.6 is 0 Å². The smallest absolute Gasteiger partial charge is 0.0936 e. The molecule has 0 radical (unpaired) electrons. The molecule has 2 nitrogen and oxygen atoms in total. The van der Waals surface area contributed by atoms with Crippen LogP contribution in [0.25, 0.3) is 0 Å². The fourth-order valence-corrected chi connectivity index (χ4v) is 3.27. The lowest BCUT2D eigenvalue weighted by atomic mass is 9.60. The van der Waals surface area contributed by atoms with Crippen LogP contribution in [-0.4, -0.2) is 11.7 Å². The molecule has 1 aliphatic rings. The average molecular weight is 247 g/mol. The molecule has 1 saturated carbocycles. The maximum atomic E-state index is 11.1.